The van der Waals surface area contributed by atoms with Gasteiger partial charge in [-0.15, -0.1) is 0 Å². The molecule has 0 unspecified atom stereocenters. The molecule has 0 aliphatic carbocycles. The van der Waals surface area contributed by atoms with Crippen LogP contribution in [0.4, 0.5) is 5.69 Å². The Hall–Kier alpha value is -2.41. The molecule has 1 aromatic carbocycles. The molecular formula is C13H9BrN2O4. The number of pyridine rings is 1. The zero-order chi connectivity index (χ0) is 14.7. The van der Waals surface area contributed by atoms with Crippen molar-refractivity contribution >= 4 is 33.5 Å². The number of nitrogens with one attached hydrogen (secondary N) is 1. The van der Waals surface area contributed by atoms with Crippen molar-refractivity contribution in [2.24, 2.45) is 0 Å². The van der Waals surface area contributed by atoms with Crippen LogP contribution in [0.2, 0.25) is 0 Å². The minimum Gasteiger partial charge on any atom is -0.507 e. The Balaban J connectivity index is 2.24. The summed E-state index contributed by atoms with van der Waals surface area (Å²) >= 11 is 3.15. The minimum atomic E-state index is -1.28. The molecule has 0 aliphatic rings. The van der Waals surface area contributed by atoms with E-state index in [1.165, 1.54) is 24.3 Å². The van der Waals surface area contributed by atoms with E-state index >= 15 is 0 Å². The quantitative estimate of drug-likeness (QED) is 0.590. The Morgan fingerprint density at radius 2 is 1.95 bits per heavy atom. The van der Waals surface area contributed by atoms with E-state index in [-0.39, 0.29) is 22.7 Å². The van der Waals surface area contributed by atoms with E-state index in [9.17, 15) is 14.7 Å². The molecule has 1 heterocycles. The molecule has 20 heavy (non-hydrogen) atoms. The van der Waals surface area contributed by atoms with Gasteiger partial charge in [0.15, 0.2) is 0 Å². The van der Waals surface area contributed by atoms with Gasteiger partial charge in [-0.3, -0.25) is 4.79 Å². The van der Waals surface area contributed by atoms with E-state index in [0.717, 1.165) is 0 Å². The number of aromatic nitrogens is 1. The highest BCUT2D eigenvalue weighted by atomic mass is 79.9. The number of halogens is 1. The van der Waals surface area contributed by atoms with Gasteiger partial charge in [0.25, 0.3) is 5.91 Å². The second-order valence-electron chi connectivity index (χ2n) is 3.84. The third-order valence-electron chi connectivity index (χ3n) is 2.43. The molecule has 1 aromatic heterocycles. The lowest BCUT2D eigenvalue weighted by Crippen LogP contribution is -2.14. The number of carboxylic acid groups (broad SMARTS) is 1. The van der Waals surface area contributed by atoms with Gasteiger partial charge in [0, 0.05) is 5.69 Å². The standard InChI is InChI=1S/C13H9BrN2O4/c14-11-3-1-2-9(16-11)12(18)15-7-4-5-10(17)8(6-7)13(19)20/h1-6,17H,(H,15,18)(H,19,20). The average molecular weight is 337 g/mol. The summed E-state index contributed by atoms with van der Waals surface area (Å²) in [5, 5.41) is 20.8. The van der Waals surface area contributed by atoms with Crippen molar-refractivity contribution in [1.82, 2.24) is 4.98 Å². The van der Waals surface area contributed by atoms with Crippen LogP contribution in [-0.4, -0.2) is 27.1 Å². The van der Waals surface area contributed by atoms with E-state index in [0.29, 0.717) is 4.60 Å². The van der Waals surface area contributed by atoms with Gasteiger partial charge in [0.1, 0.15) is 21.6 Å². The lowest BCUT2D eigenvalue weighted by molar-refractivity contribution is 0.0693. The Kier molecular flexibility index (Phi) is 3.99. The van der Waals surface area contributed by atoms with Gasteiger partial charge in [-0.25, -0.2) is 9.78 Å². The van der Waals surface area contributed by atoms with Crippen LogP contribution in [0, 0.1) is 0 Å². The lowest BCUT2D eigenvalue weighted by atomic mass is 10.1. The van der Waals surface area contributed by atoms with E-state index in [2.05, 4.69) is 26.2 Å². The zero-order valence-corrected chi connectivity index (χ0v) is 11.6. The third kappa shape index (κ3) is 3.12. The van der Waals surface area contributed by atoms with Crippen LogP contribution in [0.5, 0.6) is 5.75 Å². The predicted octanol–water partition coefficient (Wildman–Crippen LogP) is 2.50. The summed E-state index contributed by atoms with van der Waals surface area (Å²) < 4.78 is 0.516. The number of phenols is 1. The van der Waals surface area contributed by atoms with Crippen LogP contribution in [0.3, 0.4) is 0 Å². The van der Waals surface area contributed by atoms with Crippen LogP contribution in [-0.2, 0) is 0 Å². The number of aromatic carboxylic acids is 1. The number of aromatic hydroxyl groups is 1. The highest BCUT2D eigenvalue weighted by Crippen LogP contribution is 2.21. The first kappa shape index (κ1) is 14.0. The molecule has 0 saturated heterocycles. The molecule has 0 fully saturated rings. The van der Waals surface area contributed by atoms with Crippen molar-refractivity contribution in [3.05, 3.63) is 52.3 Å². The van der Waals surface area contributed by atoms with E-state index in [4.69, 9.17) is 5.11 Å². The summed E-state index contributed by atoms with van der Waals surface area (Å²) in [4.78, 5) is 26.8. The SMILES string of the molecule is O=C(Nc1ccc(O)c(C(=O)O)c1)c1cccc(Br)n1. The van der Waals surface area contributed by atoms with Gasteiger partial charge in [0.2, 0.25) is 0 Å². The number of nitrogens with zero attached hydrogens (tertiary/aromatic N) is 1. The number of hydrogen-bond donors (Lipinski definition) is 3. The van der Waals surface area contributed by atoms with E-state index in [1.807, 2.05) is 0 Å². The number of carbonyl (C=O) groups excluding carboxylic acids is 1. The fourth-order valence-electron chi connectivity index (χ4n) is 1.51. The van der Waals surface area contributed by atoms with Crippen LogP contribution < -0.4 is 5.32 Å². The summed E-state index contributed by atoms with van der Waals surface area (Å²) in [5.74, 6) is -2.12. The molecule has 0 bridgehead atoms. The van der Waals surface area contributed by atoms with Gasteiger partial charge in [0.05, 0.1) is 0 Å². The Labute approximate surface area is 122 Å². The summed E-state index contributed by atoms with van der Waals surface area (Å²) in [5.41, 5.74) is 0.154. The van der Waals surface area contributed by atoms with Crippen LogP contribution >= 0.6 is 15.9 Å². The Morgan fingerprint density at radius 1 is 1.20 bits per heavy atom. The Morgan fingerprint density at radius 3 is 2.60 bits per heavy atom. The first-order chi connectivity index (χ1) is 9.47. The van der Waals surface area contributed by atoms with Crippen LogP contribution in [0.1, 0.15) is 20.8 Å². The third-order valence-corrected chi connectivity index (χ3v) is 2.87. The van der Waals surface area contributed by atoms with Crippen molar-refractivity contribution in [1.29, 1.82) is 0 Å². The fraction of sp³-hybridized carbons (Fsp3) is 0. The molecule has 0 spiro atoms. The number of rotatable bonds is 3. The molecular weight excluding hydrogens is 328 g/mol. The first-order valence-corrected chi connectivity index (χ1v) is 6.27. The molecule has 0 saturated carbocycles. The molecule has 2 aromatic rings. The largest absolute Gasteiger partial charge is 0.507 e. The smallest absolute Gasteiger partial charge is 0.339 e. The number of amides is 1. The number of carboxylic acids is 1. The summed E-state index contributed by atoms with van der Waals surface area (Å²) in [6.07, 6.45) is 0. The summed E-state index contributed by atoms with van der Waals surface area (Å²) in [6, 6.07) is 8.64. The minimum absolute atomic E-state index is 0.185. The molecule has 0 radical (unpaired) electrons. The maximum atomic E-state index is 11.9. The maximum absolute atomic E-state index is 11.9. The molecule has 0 aliphatic heterocycles. The van der Waals surface area contributed by atoms with Crippen molar-refractivity contribution in [2.45, 2.75) is 0 Å². The Bertz CT molecular complexity index is 688. The van der Waals surface area contributed by atoms with Crippen molar-refractivity contribution < 1.29 is 19.8 Å². The topological polar surface area (TPSA) is 99.5 Å². The van der Waals surface area contributed by atoms with Gasteiger partial charge < -0.3 is 15.5 Å². The molecule has 2 rings (SSSR count). The average Bonchev–Trinajstić information content (AvgIpc) is 2.40. The first-order valence-electron chi connectivity index (χ1n) is 5.47. The molecule has 102 valence electrons. The highest BCUT2D eigenvalue weighted by Gasteiger charge is 2.13. The molecule has 0 atom stereocenters. The monoisotopic (exact) mass is 336 g/mol. The lowest BCUT2D eigenvalue weighted by Gasteiger charge is -2.07. The number of carbonyl (C=O) groups is 2. The molecule has 7 heteroatoms. The number of benzene rings is 1. The predicted molar refractivity (Wildman–Crippen MR) is 75.0 cm³/mol. The molecule has 3 N–H and O–H groups in total. The molecule has 6 nitrogen and oxygen atoms in total. The van der Waals surface area contributed by atoms with Gasteiger partial charge in [-0.05, 0) is 46.3 Å². The number of anilines is 1. The normalized spacial score (nSPS) is 10.1. The van der Waals surface area contributed by atoms with Crippen molar-refractivity contribution in [3.8, 4) is 5.75 Å². The highest BCUT2D eigenvalue weighted by molar-refractivity contribution is 9.10. The summed E-state index contributed by atoms with van der Waals surface area (Å²) in [6.45, 7) is 0. The van der Waals surface area contributed by atoms with E-state index < -0.39 is 11.9 Å². The number of hydrogen-bond acceptors (Lipinski definition) is 4. The van der Waals surface area contributed by atoms with E-state index in [1.54, 1.807) is 12.1 Å². The fourth-order valence-corrected chi connectivity index (χ4v) is 1.86. The van der Waals surface area contributed by atoms with Crippen LogP contribution in [0.25, 0.3) is 0 Å². The zero-order valence-electron chi connectivity index (χ0n) is 10.0. The van der Waals surface area contributed by atoms with Crippen molar-refractivity contribution in [3.63, 3.8) is 0 Å². The second-order valence-corrected chi connectivity index (χ2v) is 4.65. The van der Waals surface area contributed by atoms with Crippen LogP contribution in [0.15, 0.2) is 41.0 Å². The van der Waals surface area contributed by atoms with Gasteiger partial charge in [-0.2, -0.15) is 0 Å². The second kappa shape index (κ2) is 5.70. The summed E-state index contributed by atoms with van der Waals surface area (Å²) in [7, 11) is 0. The van der Waals surface area contributed by atoms with Gasteiger partial charge >= 0.3 is 5.97 Å². The van der Waals surface area contributed by atoms with Crippen molar-refractivity contribution in [2.75, 3.05) is 5.32 Å². The molecule has 1 amide bonds. The maximum Gasteiger partial charge on any atom is 0.339 e. The van der Waals surface area contributed by atoms with Gasteiger partial charge in [-0.1, -0.05) is 6.07 Å².